The molecule has 0 spiro atoms. The van der Waals surface area contributed by atoms with Crippen molar-refractivity contribution in [3.8, 4) is 0 Å². The lowest BCUT2D eigenvalue weighted by Crippen LogP contribution is -2.31. The van der Waals surface area contributed by atoms with Gasteiger partial charge in [0.25, 0.3) is 0 Å². The summed E-state index contributed by atoms with van der Waals surface area (Å²) in [6.07, 6.45) is 0. The van der Waals surface area contributed by atoms with Crippen LogP contribution in [0.3, 0.4) is 0 Å². The first-order valence-electron chi connectivity index (χ1n) is 4.00. The van der Waals surface area contributed by atoms with Gasteiger partial charge in [0.05, 0.1) is 5.69 Å². The van der Waals surface area contributed by atoms with Crippen LogP contribution in [0.15, 0.2) is 39.9 Å². The molecule has 4 heteroatoms. The Labute approximate surface area is 78.5 Å². The number of halogens is 1. The third-order valence-corrected chi connectivity index (χ3v) is 1.87. The highest BCUT2D eigenvalue weighted by Gasteiger charge is 2.08. The summed E-state index contributed by atoms with van der Waals surface area (Å²) in [5.74, 6) is -0.347. The maximum Gasteiger partial charge on any atom is 0.249 e. The zero-order chi connectivity index (χ0) is 10.1. The monoisotopic (exact) mass is 191 g/mol. The molecule has 0 bridgehead atoms. The van der Waals surface area contributed by atoms with Crippen molar-refractivity contribution in [2.24, 2.45) is 0 Å². The van der Waals surface area contributed by atoms with Crippen LogP contribution in [-0.4, -0.2) is 0 Å². The molecule has 1 N–H and O–H groups in total. The van der Waals surface area contributed by atoms with Gasteiger partial charge in [0.1, 0.15) is 5.82 Å². The van der Waals surface area contributed by atoms with E-state index in [1.807, 2.05) is 0 Å². The van der Waals surface area contributed by atoms with E-state index in [0.717, 1.165) is 0 Å². The lowest BCUT2D eigenvalue weighted by molar-refractivity contribution is 0.628. The molecule has 0 fully saturated rings. The van der Waals surface area contributed by atoms with Crippen LogP contribution in [-0.2, 0) is 0 Å². The molecule has 0 amide bonds. The van der Waals surface area contributed by atoms with Crippen molar-refractivity contribution in [2.45, 2.75) is 0 Å². The summed E-state index contributed by atoms with van der Waals surface area (Å²) in [6, 6.07) is 6.74. The van der Waals surface area contributed by atoms with E-state index in [0.29, 0.717) is 5.69 Å². The Hall–Kier alpha value is -1.97. The van der Waals surface area contributed by atoms with Crippen molar-refractivity contribution in [1.29, 1.82) is 0 Å². The van der Waals surface area contributed by atoms with Gasteiger partial charge in [-0.2, -0.15) is 0 Å². The first kappa shape index (κ1) is 8.62. The Kier molecular flexibility index (Phi) is 1.89. The highest BCUT2D eigenvalue weighted by Crippen LogP contribution is 2.12. The van der Waals surface area contributed by atoms with Gasteiger partial charge in [-0.3, -0.25) is 9.59 Å². The number of hydrogen-bond donors (Lipinski definition) is 1. The normalized spacial score (nSPS) is 10.4. The van der Waals surface area contributed by atoms with Crippen LogP contribution in [0.4, 0.5) is 15.8 Å². The molecule has 0 atom stereocenters. The predicted molar refractivity (Wildman–Crippen MR) is 51.0 cm³/mol. The van der Waals surface area contributed by atoms with Gasteiger partial charge < -0.3 is 5.32 Å². The number of benzene rings is 1. The second-order valence-corrected chi connectivity index (χ2v) is 2.88. The maximum absolute atomic E-state index is 12.5. The molecule has 0 aromatic heterocycles. The van der Waals surface area contributed by atoms with Gasteiger partial charge in [-0.15, -0.1) is 0 Å². The lowest BCUT2D eigenvalue weighted by Gasteiger charge is -2.05. The Morgan fingerprint density at radius 1 is 1.07 bits per heavy atom. The molecule has 0 saturated carbocycles. The average Bonchev–Trinajstić information content (AvgIpc) is 2.20. The summed E-state index contributed by atoms with van der Waals surface area (Å²) in [5, 5.41) is 2.71. The first-order chi connectivity index (χ1) is 6.66. The van der Waals surface area contributed by atoms with Crippen molar-refractivity contribution in [3.05, 3.63) is 56.6 Å². The summed E-state index contributed by atoms with van der Waals surface area (Å²) in [7, 11) is 0. The van der Waals surface area contributed by atoms with E-state index < -0.39 is 10.9 Å². The van der Waals surface area contributed by atoms with Gasteiger partial charge in [-0.25, -0.2) is 4.39 Å². The van der Waals surface area contributed by atoms with Crippen LogP contribution >= 0.6 is 0 Å². The Morgan fingerprint density at radius 2 is 1.71 bits per heavy atom. The largest absolute Gasteiger partial charge is 0.352 e. The van der Waals surface area contributed by atoms with E-state index in [-0.39, 0.29) is 11.5 Å². The van der Waals surface area contributed by atoms with E-state index in [4.69, 9.17) is 0 Å². The molecule has 0 radical (unpaired) electrons. The van der Waals surface area contributed by atoms with E-state index in [9.17, 15) is 14.0 Å². The minimum Gasteiger partial charge on any atom is -0.352 e. The molecule has 2 aromatic rings. The molecule has 3 nitrogen and oxygen atoms in total. The molecule has 2 rings (SSSR count). The van der Waals surface area contributed by atoms with Gasteiger partial charge in [0.2, 0.25) is 10.9 Å². The van der Waals surface area contributed by atoms with E-state index in [2.05, 4.69) is 5.32 Å². The Morgan fingerprint density at radius 3 is 2.21 bits per heavy atom. The van der Waals surface area contributed by atoms with Crippen LogP contribution in [0, 0.1) is 5.82 Å². The summed E-state index contributed by atoms with van der Waals surface area (Å²) in [6.45, 7) is 0. The number of anilines is 2. The highest BCUT2D eigenvalue weighted by molar-refractivity contribution is 5.61. The maximum atomic E-state index is 12.5. The van der Waals surface area contributed by atoms with Crippen molar-refractivity contribution in [2.75, 3.05) is 5.32 Å². The van der Waals surface area contributed by atoms with Gasteiger partial charge in [0.15, 0.2) is 0 Å². The molecule has 0 aliphatic carbocycles. The van der Waals surface area contributed by atoms with Crippen LogP contribution in [0.1, 0.15) is 0 Å². The minimum atomic E-state index is -0.533. The van der Waals surface area contributed by atoms with Gasteiger partial charge in [0, 0.05) is 11.8 Å². The minimum absolute atomic E-state index is 0.251. The second-order valence-electron chi connectivity index (χ2n) is 2.88. The highest BCUT2D eigenvalue weighted by atomic mass is 19.1. The van der Waals surface area contributed by atoms with Crippen molar-refractivity contribution in [3.63, 3.8) is 0 Å². The standard InChI is InChI=1S/C10H6FNO2/c11-6-1-3-7(4-2-6)12-8-5-9(13)10(8)14/h1-5,12H. The van der Waals surface area contributed by atoms with E-state index >= 15 is 0 Å². The average molecular weight is 191 g/mol. The zero-order valence-electron chi connectivity index (χ0n) is 7.08. The fourth-order valence-corrected chi connectivity index (χ4v) is 1.10. The quantitative estimate of drug-likeness (QED) is 0.724. The summed E-state index contributed by atoms with van der Waals surface area (Å²) in [4.78, 5) is 21.4. The molecule has 0 unspecified atom stereocenters. The molecular formula is C10H6FNO2. The van der Waals surface area contributed by atoms with Gasteiger partial charge in [-0.1, -0.05) is 0 Å². The molecule has 0 heterocycles. The third-order valence-electron chi connectivity index (χ3n) is 1.87. The Bertz CT molecular complexity index is 523. The van der Waals surface area contributed by atoms with Crippen LogP contribution in [0.2, 0.25) is 0 Å². The van der Waals surface area contributed by atoms with Crippen LogP contribution in [0.5, 0.6) is 0 Å². The fourth-order valence-electron chi connectivity index (χ4n) is 1.10. The third kappa shape index (κ3) is 1.42. The SMILES string of the molecule is O=c1cc(Nc2ccc(F)cc2)c1=O. The lowest BCUT2D eigenvalue weighted by atomic mass is 10.2. The van der Waals surface area contributed by atoms with Crippen molar-refractivity contribution in [1.82, 2.24) is 0 Å². The second kappa shape index (κ2) is 3.06. The van der Waals surface area contributed by atoms with Gasteiger partial charge >= 0.3 is 0 Å². The number of hydrogen-bond acceptors (Lipinski definition) is 3. The summed E-state index contributed by atoms with van der Waals surface area (Å²) >= 11 is 0. The van der Waals surface area contributed by atoms with Crippen molar-refractivity contribution < 1.29 is 4.39 Å². The molecule has 0 aliphatic rings. The van der Waals surface area contributed by atoms with Gasteiger partial charge in [-0.05, 0) is 24.3 Å². The Balaban J connectivity index is 2.21. The molecule has 0 aliphatic heterocycles. The number of nitrogens with one attached hydrogen (secondary N) is 1. The van der Waals surface area contributed by atoms with Crippen LogP contribution in [0.25, 0.3) is 0 Å². The van der Waals surface area contributed by atoms with Crippen LogP contribution < -0.4 is 16.2 Å². The summed E-state index contributed by atoms with van der Waals surface area (Å²) in [5.41, 5.74) is -0.205. The predicted octanol–water partition coefficient (Wildman–Crippen LogP) is 1.17. The first-order valence-corrected chi connectivity index (χ1v) is 4.00. The number of rotatable bonds is 2. The molecule has 0 saturated heterocycles. The topological polar surface area (TPSA) is 46.2 Å². The fraction of sp³-hybridized carbons (Fsp3) is 0. The van der Waals surface area contributed by atoms with E-state index in [1.54, 1.807) is 0 Å². The molecular weight excluding hydrogens is 185 g/mol. The van der Waals surface area contributed by atoms with E-state index in [1.165, 1.54) is 30.3 Å². The molecule has 14 heavy (non-hydrogen) atoms. The molecule has 70 valence electrons. The van der Waals surface area contributed by atoms with Crippen molar-refractivity contribution >= 4 is 11.4 Å². The smallest absolute Gasteiger partial charge is 0.249 e. The summed E-state index contributed by atoms with van der Waals surface area (Å²) < 4.78 is 12.5. The zero-order valence-corrected chi connectivity index (χ0v) is 7.08. The molecule has 2 aromatic carbocycles.